The number of nitrogens with one attached hydrogen (secondary N) is 1. The Bertz CT molecular complexity index is 783. The van der Waals surface area contributed by atoms with Crippen LogP contribution < -0.4 is 19.8 Å². The minimum atomic E-state index is 0.222. The number of hydrogen-bond acceptors (Lipinski definition) is 9. The standard InChI is InChI=1S/C16H19BrN6O3/c1-24-13-4-3-12(17)9-11(13)10-18-22-14-19-15(21-16(20-14)25-2)23-5-7-26-8-6-23/h3-4,9-10H,5-8H2,1-2H3,(H,19,20,21,22). The molecule has 26 heavy (non-hydrogen) atoms. The number of ether oxygens (including phenoxy) is 3. The average molecular weight is 423 g/mol. The summed E-state index contributed by atoms with van der Waals surface area (Å²) in [5.41, 5.74) is 3.63. The van der Waals surface area contributed by atoms with Gasteiger partial charge in [-0.3, -0.25) is 0 Å². The molecular weight excluding hydrogens is 404 g/mol. The van der Waals surface area contributed by atoms with Gasteiger partial charge in [0.1, 0.15) is 5.75 Å². The Labute approximate surface area is 159 Å². The molecule has 1 fully saturated rings. The van der Waals surface area contributed by atoms with Crippen LogP contribution in [-0.2, 0) is 4.74 Å². The average Bonchev–Trinajstić information content (AvgIpc) is 2.68. The minimum absolute atomic E-state index is 0.222. The topological polar surface area (TPSA) is 94.0 Å². The Kier molecular flexibility index (Phi) is 6.18. The molecule has 0 atom stereocenters. The van der Waals surface area contributed by atoms with Gasteiger partial charge >= 0.3 is 6.01 Å². The summed E-state index contributed by atoms with van der Waals surface area (Å²) in [4.78, 5) is 14.9. The number of methoxy groups -OCH3 is 2. The molecule has 1 aromatic carbocycles. The lowest BCUT2D eigenvalue weighted by Crippen LogP contribution is -2.37. The summed E-state index contributed by atoms with van der Waals surface area (Å²) in [5.74, 6) is 1.53. The number of nitrogens with zero attached hydrogens (tertiary/aromatic N) is 5. The van der Waals surface area contributed by atoms with E-state index in [1.54, 1.807) is 13.3 Å². The Balaban J connectivity index is 1.77. The van der Waals surface area contributed by atoms with Gasteiger partial charge in [-0.15, -0.1) is 0 Å². The van der Waals surface area contributed by atoms with Crippen molar-refractivity contribution in [3.05, 3.63) is 28.2 Å². The van der Waals surface area contributed by atoms with Crippen LogP contribution in [0.15, 0.2) is 27.8 Å². The number of hydrogen-bond donors (Lipinski definition) is 1. The predicted molar refractivity (Wildman–Crippen MR) is 101 cm³/mol. The molecule has 3 rings (SSSR count). The van der Waals surface area contributed by atoms with Crippen molar-refractivity contribution in [2.75, 3.05) is 50.8 Å². The number of aromatic nitrogens is 3. The van der Waals surface area contributed by atoms with Crippen molar-refractivity contribution in [3.63, 3.8) is 0 Å². The van der Waals surface area contributed by atoms with Gasteiger partial charge in [0.25, 0.3) is 5.95 Å². The molecule has 0 saturated carbocycles. The summed E-state index contributed by atoms with van der Waals surface area (Å²) < 4.78 is 16.8. The third kappa shape index (κ3) is 4.58. The molecule has 1 aromatic heterocycles. The Morgan fingerprint density at radius 2 is 2.00 bits per heavy atom. The summed E-state index contributed by atoms with van der Waals surface area (Å²) in [6.45, 7) is 2.70. The van der Waals surface area contributed by atoms with Gasteiger partial charge in [-0.1, -0.05) is 15.9 Å². The molecule has 2 heterocycles. The van der Waals surface area contributed by atoms with Gasteiger partial charge < -0.3 is 19.1 Å². The van der Waals surface area contributed by atoms with E-state index in [0.29, 0.717) is 43.9 Å². The van der Waals surface area contributed by atoms with Crippen LogP contribution in [0.5, 0.6) is 11.8 Å². The zero-order valence-electron chi connectivity index (χ0n) is 14.5. The van der Waals surface area contributed by atoms with Crippen LogP contribution in [0.25, 0.3) is 0 Å². The second-order valence-electron chi connectivity index (χ2n) is 5.30. The van der Waals surface area contributed by atoms with Gasteiger partial charge in [-0.05, 0) is 18.2 Å². The Hall–Kier alpha value is -2.46. The number of halogens is 1. The predicted octanol–water partition coefficient (Wildman–Crippen LogP) is 1.93. The van der Waals surface area contributed by atoms with Crippen LogP contribution in [-0.4, -0.2) is 61.7 Å². The lowest BCUT2D eigenvalue weighted by molar-refractivity contribution is 0.122. The van der Waals surface area contributed by atoms with Crippen molar-refractivity contribution >= 4 is 34.0 Å². The smallest absolute Gasteiger partial charge is 0.322 e. The Morgan fingerprint density at radius 3 is 2.73 bits per heavy atom. The van der Waals surface area contributed by atoms with E-state index in [-0.39, 0.29) is 6.01 Å². The fourth-order valence-corrected chi connectivity index (χ4v) is 2.74. The highest BCUT2D eigenvalue weighted by molar-refractivity contribution is 9.10. The highest BCUT2D eigenvalue weighted by Gasteiger charge is 2.16. The summed E-state index contributed by atoms with van der Waals surface area (Å²) in [5, 5.41) is 4.20. The van der Waals surface area contributed by atoms with E-state index in [0.717, 1.165) is 10.0 Å². The normalized spacial score (nSPS) is 14.5. The molecular formula is C16H19BrN6O3. The van der Waals surface area contributed by atoms with Gasteiger partial charge in [0.2, 0.25) is 5.95 Å². The zero-order valence-corrected chi connectivity index (χ0v) is 16.1. The van der Waals surface area contributed by atoms with Crippen LogP contribution in [0.4, 0.5) is 11.9 Å². The van der Waals surface area contributed by atoms with E-state index in [1.807, 2.05) is 23.1 Å². The molecule has 0 spiro atoms. The lowest BCUT2D eigenvalue weighted by Gasteiger charge is -2.26. The van der Waals surface area contributed by atoms with E-state index in [4.69, 9.17) is 14.2 Å². The fourth-order valence-electron chi connectivity index (χ4n) is 2.36. The van der Waals surface area contributed by atoms with Gasteiger partial charge in [-0.25, -0.2) is 5.43 Å². The van der Waals surface area contributed by atoms with E-state index >= 15 is 0 Å². The molecule has 138 valence electrons. The SMILES string of the molecule is COc1nc(NN=Cc2cc(Br)ccc2OC)nc(N2CCOCC2)n1. The first-order valence-electron chi connectivity index (χ1n) is 7.95. The first-order chi connectivity index (χ1) is 12.7. The monoisotopic (exact) mass is 422 g/mol. The minimum Gasteiger partial charge on any atom is -0.496 e. The summed E-state index contributed by atoms with van der Waals surface area (Å²) >= 11 is 3.43. The second kappa shape index (κ2) is 8.77. The summed E-state index contributed by atoms with van der Waals surface area (Å²) in [6.07, 6.45) is 1.63. The number of rotatable bonds is 6. The highest BCUT2D eigenvalue weighted by Crippen LogP contribution is 2.21. The molecule has 0 aliphatic carbocycles. The number of hydrazone groups is 1. The molecule has 2 aromatic rings. The van der Waals surface area contributed by atoms with Crippen LogP contribution >= 0.6 is 15.9 Å². The highest BCUT2D eigenvalue weighted by atomic mass is 79.9. The largest absolute Gasteiger partial charge is 0.496 e. The van der Waals surface area contributed by atoms with E-state index in [9.17, 15) is 0 Å². The van der Waals surface area contributed by atoms with E-state index in [1.165, 1.54) is 7.11 Å². The third-order valence-corrected chi connectivity index (χ3v) is 4.13. The maximum atomic E-state index is 5.35. The molecule has 0 bridgehead atoms. The van der Waals surface area contributed by atoms with Gasteiger partial charge in [0, 0.05) is 23.1 Å². The van der Waals surface area contributed by atoms with Crippen molar-refractivity contribution < 1.29 is 14.2 Å². The fraction of sp³-hybridized carbons (Fsp3) is 0.375. The molecule has 1 aliphatic heterocycles. The third-order valence-electron chi connectivity index (χ3n) is 3.64. The second-order valence-corrected chi connectivity index (χ2v) is 6.22. The molecule has 9 nitrogen and oxygen atoms in total. The van der Waals surface area contributed by atoms with Gasteiger partial charge in [-0.2, -0.15) is 20.1 Å². The first-order valence-corrected chi connectivity index (χ1v) is 8.74. The van der Waals surface area contributed by atoms with Crippen molar-refractivity contribution in [1.82, 2.24) is 15.0 Å². The number of benzene rings is 1. The van der Waals surface area contributed by atoms with Crippen molar-refractivity contribution in [3.8, 4) is 11.8 Å². The summed E-state index contributed by atoms with van der Waals surface area (Å²) in [7, 11) is 3.12. The van der Waals surface area contributed by atoms with E-state index in [2.05, 4.69) is 41.4 Å². The maximum Gasteiger partial charge on any atom is 0.322 e. The van der Waals surface area contributed by atoms with E-state index < -0.39 is 0 Å². The molecule has 0 radical (unpaired) electrons. The van der Waals surface area contributed by atoms with Crippen LogP contribution in [0, 0.1) is 0 Å². The zero-order chi connectivity index (χ0) is 18.4. The van der Waals surface area contributed by atoms with Gasteiger partial charge in [0.15, 0.2) is 0 Å². The molecule has 10 heteroatoms. The van der Waals surface area contributed by atoms with Crippen LogP contribution in [0.3, 0.4) is 0 Å². The quantitative estimate of drug-likeness (QED) is 0.557. The molecule has 1 aliphatic rings. The van der Waals surface area contributed by atoms with Gasteiger partial charge in [0.05, 0.1) is 33.6 Å². The number of anilines is 2. The molecule has 0 amide bonds. The lowest BCUT2D eigenvalue weighted by atomic mass is 10.2. The van der Waals surface area contributed by atoms with Crippen LogP contribution in [0.2, 0.25) is 0 Å². The van der Waals surface area contributed by atoms with Crippen molar-refractivity contribution in [1.29, 1.82) is 0 Å². The first kappa shape index (κ1) is 18.3. The van der Waals surface area contributed by atoms with Crippen LogP contribution in [0.1, 0.15) is 5.56 Å². The van der Waals surface area contributed by atoms with Crippen molar-refractivity contribution in [2.24, 2.45) is 5.10 Å². The molecule has 1 N–H and O–H groups in total. The molecule has 1 saturated heterocycles. The molecule has 0 unspecified atom stereocenters. The summed E-state index contributed by atoms with van der Waals surface area (Å²) in [6, 6.07) is 5.87. The Morgan fingerprint density at radius 1 is 1.19 bits per heavy atom. The van der Waals surface area contributed by atoms with Crippen molar-refractivity contribution in [2.45, 2.75) is 0 Å². The maximum absolute atomic E-state index is 5.35. The number of morpholine rings is 1.